The van der Waals surface area contributed by atoms with Crippen molar-refractivity contribution in [1.29, 1.82) is 0 Å². The van der Waals surface area contributed by atoms with Gasteiger partial charge in [0.2, 0.25) is 0 Å². The van der Waals surface area contributed by atoms with E-state index in [1.807, 2.05) is 16.8 Å². The quantitative estimate of drug-likeness (QED) is 0.574. The van der Waals surface area contributed by atoms with Gasteiger partial charge in [0, 0.05) is 30.4 Å². The number of rotatable bonds is 3. The van der Waals surface area contributed by atoms with Crippen molar-refractivity contribution in [3.8, 4) is 11.3 Å². The molecular formula is C21H24N6O. The van der Waals surface area contributed by atoms with Crippen LogP contribution in [-0.2, 0) is 0 Å². The maximum atomic E-state index is 9.62. The second-order valence-corrected chi connectivity index (χ2v) is 8.01. The van der Waals surface area contributed by atoms with Crippen molar-refractivity contribution in [3.05, 3.63) is 41.3 Å². The number of aromatic nitrogens is 5. The number of H-pyrrole nitrogens is 1. The van der Waals surface area contributed by atoms with Crippen LogP contribution in [0.1, 0.15) is 36.5 Å². The van der Waals surface area contributed by atoms with E-state index in [2.05, 4.69) is 53.7 Å². The molecule has 1 fully saturated rings. The number of aliphatic hydroxyl groups excluding tert-OH is 1. The van der Waals surface area contributed by atoms with Crippen LogP contribution in [0.25, 0.3) is 27.9 Å². The van der Waals surface area contributed by atoms with E-state index in [0.29, 0.717) is 19.0 Å². The smallest absolute Gasteiger partial charge is 0.158 e. The first-order chi connectivity index (χ1) is 13.4. The third-order valence-corrected chi connectivity index (χ3v) is 5.82. The fourth-order valence-electron chi connectivity index (χ4n) is 4.12. The monoisotopic (exact) mass is 376 g/mol. The van der Waals surface area contributed by atoms with E-state index >= 15 is 0 Å². The molecule has 0 aromatic carbocycles. The van der Waals surface area contributed by atoms with Gasteiger partial charge in [0.25, 0.3) is 0 Å². The van der Waals surface area contributed by atoms with Gasteiger partial charge in [-0.2, -0.15) is 5.10 Å². The molecule has 0 unspecified atom stereocenters. The number of nitrogens with zero attached hydrogens (tertiary/aromatic N) is 5. The fourth-order valence-corrected chi connectivity index (χ4v) is 4.12. The summed E-state index contributed by atoms with van der Waals surface area (Å²) in [4.78, 5) is 15.0. The van der Waals surface area contributed by atoms with Gasteiger partial charge in [-0.3, -0.25) is 0 Å². The summed E-state index contributed by atoms with van der Waals surface area (Å²) in [6, 6.07) is 4.12. The SMILES string of the molecule is Cc1c(-c2[nH]c3ccc(N4CC(O)C4)nc3c2C(C)C)cn2ncnc2c1C. The van der Waals surface area contributed by atoms with Gasteiger partial charge in [0.05, 0.1) is 22.8 Å². The Bertz CT molecular complexity index is 1200. The molecule has 1 aliphatic rings. The standard InChI is InChI=1S/C21H24N6O/c1-11(2)18-19(15-9-27-21(22-10-23-27)13(4)12(15)3)24-16-5-6-17(25-20(16)18)26-7-14(28)8-26/h5-6,9-11,14,24,28H,7-8H2,1-4H3. The van der Waals surface area contributed by atoms with Crippen LogP contribution in [0, 0.1) is 13.8 Å². The third kappa shape index (κ3) is 2.43. The zero-order valence-electron chi connectivity index (χ0n) is 16.6. The van der Waals surface area contributed by atoms with E-state index < -0.39 is 0 Å². The van der Waals surface area contributed by atoms with E-state index in [4.69, 9.17) is 4.98 Å². The lowest BCUT2D eigenvalue weighted by Crippen LogP contribution is -2.51. The van der Waals surface area contributed by atoms with Gasteiger partial charge >= 0.3 is 0 Å². The molecule has 1 saturated heterocycles. The van der Waals surface area contributed by atoms with E-state index in [1.54, 1.807) is 6.33 Å². The lowest BCUT2D eigenvalue weighted by atomic mass is 9.95. The molecule has 7 nitrogen and oxygen atoms in total. The lowest BCUT2D eigenvalue weighted by molar-refractivity contribution is 0.141. The minimum atomic E-state index is -0.246. The van der Waals surface area contributed by atoms with Crippen molar-refractivity contribution < 1.29 is 5.11 Å². The highest BCUT2D eigenvalue weighted by Crippen LogP contribution is 2.38. The van der Waals surface area contributed by atoms with E-state index in [-0.39, 0.29) is 6.10 Å². The molecule has 0 amide bonds. The van der Waals surface area contributed by atoms with Gasteiger partial charge < -0.3 is 15.0 Å². The van der Waals surface area contributed by atoms with Gasteiger partial charge in [-0.15, -0.1) is 0 Å². The predicted molar refractivity (Wildman–Crippen MR) is 110 cm³/mol. The number of hydrogen-bond donors (Lipinski definition) is 2. The summed E-state index contributed by atoms with van der Waals surface area (Å²) in [6.07, 6.45) is 3.40. The normalized spacial score (nSPS) is 15.1. The Kier molecular flexibility index (Phi) is 3.71. The van der Waals surface area contributed by atoms with Crippen molar-refractivity contribution in [3.63, 3.8) is 0 Å². The number of β-amino-alcohol motifs (C(OH)–C–C–N with tert-alkyl or cyclic N) is 1. The topological polar surface area (TPSA) is 82.3 Å². The molecule has 2 N–H and O–H groups in total. The Labute approximate surface area is 163 Å². The highest BCUT2D eigenvalue weighted by atomic mass is 16.3. The minimum Gasteiger partial charge on any atom is -0.389 e. The molecule has 144 valence electrons. The highest BCUT2D eigenvalue weighted by Gasteiger charge is 2.27. The van der Waals surface area contributed by atoms with E-state index in [9.17, 15) is 5.11 Å². The van der Waals surface area contributed by atoms with Crippen LogP contribution < -0.4 is 4.90 Å². The van der Waals surface area contributed by atoms with Crippen LogP contribution in [-0.4, -0.2) is 48.9 Å². The fraction of sp³-hybridized carbons (Fsp3) is 0.381. The number of hydrogen-bond acceptors (Lipinski definition) is 5. The summed E-state index contributed by atoms with van der Waals surface area (Å²) in [6.45, 7) is 9.91. The molecule has 0 bridgehead atoms. The maximum absolute atomic E-state index is 9.62. The first-order valence-corrected chi connectivity index (χ1v) is 9.69. The van der Waals surface area contributed by atoms with Crippen molar-refractivity contribution in [1.82, 2.24) is 24.6 Å². The molecule has 0 atom stereocenters. The van der Waals surface area contributed by atoms with E-state index in [0.717, 1.165) is 39.3 Å². The Morgan fingerprint density at radius 2 is 1.96 bits per heavy atom. The number of fused-ring (bicyclic) bond motifs is 2. The maximum Gasteiger partial charge on any atom is 0.158 e. The van der Waals surface area contributed by atoms with Crippen LogP contribution in [0.2, 0.25) is 0 Å². The number of aryl methyl sites for hydroxylation is 1. The van der Waals surface area contributed by atoms with Crippen molar-refractivity contribution in [2.75, 3.05) is 18.0 Å². The molecule has 4 aromatic heterocycles. The second kappa shape index (κ2) is 6.04. The Hall–Kier alpha value is -2.93. The molecule has 1 aliphatic heterocycles. The number of nitrogens with one attached hydrogen (secondary N) is 1. The average molecular weight is 376 g/mol. The molecule has 7 heteroatoms. The van der Waals surface area contributed by atoms with Crippen LogP contribution in [0.15, 0.2) is 24.7 Å². The first-order valence-electron chi connectivity index (χ1n) is 9.69. The molecule has 5 rings (SSSR count). The van der Waals surface area contributed by atoms with Crippen LogP contribution in [0.4, 0.5) is 5.82 Å². The Morgan fingerprint density at radius 1 is 1.18 bits per heavy atom. The lowest BCUT2D eigenvalue weighted by Gasteiger charge is -2.36. The zero-order valence-corrected chi connectivity index (χ0v) is 16.6. The Morgan fingerprint density at radius 3 is 2.68 bits per heavy atom. The molecule has 0 spiro atoms. The molecule has 0 saturated carbocycles. The molecule has 0 aliphatic carbocycles. The summed E-state index contributed by atoms with van der Waals surface area (Å²) in [5.41, 5.74) is 8.67. The van der Waals surface area contributed by atoms with Gasteiger partial charge in [-0.25, -0.2) is 14.5 Å². The Balaban J connectivity index is 1.73. The van der Waals surface area contributed by atoms with E-state index in [1.165, 1.54) is 11.1 Å². The summed E-state index contributed by atoms with van der Waals surface area (Å²) in [5.74, 6) is 1.23. The number of anilines is 1. The molecular weight excluding hydrogens is 352 g/mol. The van der Waals surface area contributed by atoms with Gasteiger partial charge in [-0.05, 0) is 43.0 Å². The largest absolute Gasteiger partial charge is 0.389 e. The zero-order chi connectivity index (χ0) is 19.6. The van der Waals surface area contributed by atoms with Gasteiger partial charge in [0.15, 0.2) is 5.65 Å². The summed E-state index contributed by atoms with van der Waals surface area (Å²) in [7, 11) is 0. The number of aromatic amines is 1. The minimum absolute atomic E-state index is 0.246. The predicted octanol–water partition coefficient (Wildman–Crippen LogP) is 3.19. The van der Waals surface area contributed by atoms with Crippen LogP contribution in [0.5, 0.6) is 0 Å². The average Bonchev–Trinajstić information content (AvgIpc) is 3.25. The van der Waals surface area contributed by atoms with Crippen LogP contribution in [0.3, 0.4) is 0 Å². The summed E-state index contributed by atoms with van der Waals surface area (Å²) >= 11 is 0. The second-order valence-electron chi connectivity index (χ2n) is 8.01. The van der Waals surface area contributed by atoms with Crippen LogP contribution >= 0.6 is 0 Å². The molecule has 5 heterocycles. The van der Waals surface area contributed by atoms with Gasteiger partial charge in [0.1, 0.15) is 12.1 Å². The first kappa shape index (κ1) is 17.2. The summed E-state index contributed by atoms with van der Waals surface area (Å²) < 4.78 is 1.84. The highest BCUT2D eigenvalue weighted by molar-refractivity contribution is 5.90. The van der Waals surface area contributed by atoms with Crippen molar-refractivity contribution in [2.24, 2.45) is 0 Å². The number of pyridine rings is 2. The van der Waals surface area contributed by atoms with Gasteiger partial charge in [-0.1, -0.05) is 13.8 Å². The van der Waals surface area contributed by atoms with Crippen molar-refractivity contribution >= 4 is 22.5 Å². The number of aliphatic hydroxyl groups is 1. The molecule has 4 aromatic rings. The molecule has 0 radical (unpaired) electrons. The summed E-state index contributed by atoms with van der Waals surface area (Å²) in [5, 5.41) is 14.0. The molecule has 28 heavy (non-hydrogen) atoms. The van der Waals surface area contributed by atoms with Crippen molar-refractivity contribution in [2.45, 2.75) is 39.7 Å². The third-order valence-electron chi connectivity index (χ3n) is 5.82.